The van der Waals surface area contributed by atoms with Crippen LogP contribution in [-0.2, 0) is 0 Å². The van der Waals surface area contributed by atoms with Gasteiger partial charge in [-0.05, 0) is 61.6 Å². The van der Waals surface area contributed by atoms with Crippen molar-refractivity contribution in [1.29, 1.82) is 0 Å². The number of fused-ring (bicyclic) bond motifs is 1. The summed E-state index contributed by atoms with van der Waals surface area (Å²) < 4.78 is 42.9. The van der Waals surface area contributed by atoms with E-state index in [-0.39, 0.29) is 27.7 Å². The quantitative estimate of drug-likeness (QED) is 0.514. The van der Waals surface area contributed by atoms with E-state index in [0.717, 1.165) is 37.3 Å². The molecule has 1 aromatic carbocycles. The minimum atomic E-state index is -4.74. The number of carboxylic acids is 1. The summed E-state index contributed by atoms with van der Waals surface area (Å²) in [5.41, 5.74) is 1.40. The molecule has 33 heavy (non-hydrogen) atoms. The number of alkyl halides is 3. The van der Waals surface area contributed by atoms with Gasteiger partial charge in [-0.2, -0.15) is 13.2 Å². The Kier molecular flexibility index (Phi) is 6.21. The van der Waals surface area contributed by atoms with Crippen LogP contribution in [0, 0.1) is 0 Å². The molecule has 0 fully saturated rings. The molecular formula is C24H21ClF3N3O2. The summed E-state index contributed by atoms with van der Waals surface area (Å²) in [7, 11) is 0. The Morgan fingerprint density at radius 2 is 2.09 bits per heavy atom. The van der Waals surface area contributed by atoms with Gasteiger partial charge in [0, 0.05) is 28.2 Å². The maximum Gasteiger partial charge on any atom is 0.412 e. The second-order valence-corrected chi connectivity index (χ2v) is 8.32. The van der Waals surface area contributed by atoms with E-state index in [1.807, 2.05) is 0 Å². The number of nitrogens with one attached hydrogen (secondary N) is 1. The average molecular weight is 476 g/mol. The molecule has 0 saturated heterocycles. The fourth-order valence-electron chi connectivity index (χ4n) is 4.01. The van der Waals surface area contributed by atoms with Gasteiger partial charge in [0.1, 0.15) is 5.84 Å². The summed E-state index contributed by atoms with van der Waals surface area (Å²) in [5, 5.41) is 11.9. The first-order valence-corrected chi connectivity index (χ1v) is 10.8. The van der Waals surface area contributed by atoms with Gasteiger partial charge in [-0.25, -0.2) is 9.79 Å². The SMILES string of the molecule is C=C1C=C(C2=CCCCC2)N=C2C([C@H](Nc3ccc(Cl)cc3C(=O)O)C(F)(F)F)=CC=CN12. The lowest BCUT2D eigenvalue weighted by Gasteiger charge is -2.35. The molecule has 0 unspecified atom stereocenters. The Morgan fingerprint density at radius 1 is 1.30 bits per heavy atom. The maximum absolute atomic E-state index is 14.3. The zero-order chi connectivity index (χ0) is 23.8. The Labute approximate surface area is 193 Å². The van der Waals surface area contributed by atoms with Crippen LogP contribution in [0.25, 0.3) is 0 Å². The third kappa shape index (κ3) is 4.75. The van der Waals surface area contributed by atoms with Crippen molar-refractivity contribution in [3.63, 3.8) is 0 Å². The number of nitrogens with zero attached hydrogens (tertiary/aromatic N) is 2. The number of benzene rings is 1. The van der Waals surface area contributed by atoms with Crippen LogP contribution < -0.4 is 5.32 Å². The zero-order valence-corrected chi connectivity index (χ0v) is 18.2. The fourth-order valence-corrected chi connectivity index (χ4v) is 4.18. The minimum absolute atomic E-state index is 0.104. The Hall–Kier alpha value is -3.26. The highest BCUT2D eigenvalue weighted by Gasteiger charge is 2.45. The molecule has 0 aromatic heterocycles. The lowest BCUT2D eigenvalue weighted by Crippen LogP contribution is -2.45. The number of carboxylic acid groups (broad SMARTS) is 1. The first-order chi connectivity index (χ1) is 15.6. The lowest BCUT2D eigenvalue weighted by atomic mass is 9.94. The largest absolute Gasteiger partial charge is 0.478 e. The normalized spacial score (nSPS) is 19.2. The first kappa shape index (κ1) is 22.9. The van der Waals surface area contributed by atoms with Gasteiger partial charge in [-0.15, -0.1) is 0 Å². The van der Waals surface area contributed by atoms with Crippen LogP contribution in [0.4, 0.5) is 18.9 Å². The van der Waals surface area contributed by atoms with Gasteiger partial charge in [0.05, 0.1) is 11.3 Å². The molecule has 3 aliphatic rings. The second-order valence-electron chi connectivity index (χ2n) is 7.88. The van der Waals surface area contributed by atoms with Gasteiger partial charge in [0.15, 0.2) is 6.04 Å². The number of carbonyl (C=O) groups is 1. The molecule has 2 heterocycles. The van der Waals surface area contributed by atoms with Crippen molar-refractivity contribution >= 4 is 29.1 Å². The number of allylic oxidation sites excluding steroid dienone is 5. The molecule has 2 N–H and O–H groups in total. The molecule has 0 amide bonds. The molecule has 0 bridgehead atoms. The molecule has 0 saturated carbocycles. The molecule has 1 aromatic rings. The van der Waals surface area contributed by atoms with Crippen LogP contribution >= 0.6 is 11.6 Å². The van der Waals surface area contributed by atoms with Gasteiger partial charge >= 0.3 is 12.1 Å². The van der Waals surface area contributed by atoms with Crippen molar-refractivity contribution in [2.75, 3.05) is 5.32 Å². The smallest absolute Gasteiger partial charge is 0.412 e. The summed E-state index contributed by atoms with van der Waals surface area (Å²) in [6.07, 6.45) is 7.29. The van der Waals surface area contributed by atoms with Gasteiger partial charge < -0.3 is 15.3 Å². The number of amidine groups is 1. The van der Waals surface area contributed by atoms with Crippen molar-refractivity contribution in [3.8, 4) is 0 Å². The molecule has 5 nitrogen and oxygen atoms in total. The summed E-state index contributed by atoms with van der Waals surface area (Å²) in [6.45, 7) is 4.00. The van der Waals surface area contributed by atoms with Crippen LogP contribution in [0.1, 0.15) is 36.0 Å². The van der Waals surface area contributed by atoms with Gasteiger partial charge in [-0.1, -0.05) is 30.3 Å². The third-order valence-electron chi connectivity index (χ3n) is 5.61. The highest BCUT2D eigenvalue weighted by molar-refractivity contribution is 6.31. The topological polar surface area (TPSA) is 64.9 Å². The monoisotopic (exact) mass is 475 g/mol. The molecule has 1 atom stereocenters. The molecule has 0 radical (unpaired) electrons. The third-order valence-corrected chi connectivity index (χ3v) is 5.84. The summed E-state index contributed by atoms with van der Waals surface area (Å²) >= 11 is 5.85. The fraction of sp³-hybridized carbons (Fsp3) is 0.250. The Bertz CT molecular complexity index is 1160. The predicted molar refractivity (Wildman–Crippen MR) is 122 cm³/mol. The van der Waals surface area contributed by atoms with E-state index < -0.39 is 18.2 Å². The van der Waals surface area contributed by atoms with Gasteiger partial charge in [0.2, 0.25) is 0 Å². The Morgan fingerprint density at radius 3 is 2.76 bits per heavy atom. The van der Waals surface area contributed by atoms with Crippen molar-refractivity contribution < 1.29 is 23.1 Å². The first-order valence-electron chi connectivity index (χ1n) is 10.4. The van der Waals surface area contributed by atoms with Crippen LogP contribution in [-0.4, -0.2) is 34.0 Å². The number of aliphatic imine (C=N–C) groups is 1. The molecule has 4 rings (SSSR count). The van der Waals surface area contributed by atoms with E-state index in [0.29, 0.717) is 11.4 Å². The predicted octanol–water partition coefficient (Wildman–Crippen LogP) is 6.45. The zero-order valence-electron chi connectivity index (χ0n) is 17.5. The standard InChI is InChI=1S/C24H21ClF3N3O2/c1-14-12-20(15-6-3-2-4-7-15)30-22-17(8-5-11-31(14)22)21(24(26,27)28)29-19-10-9-16(25)13-18(19)23(32)33/h5-6,8-13,21,29H,1-4,7H2,(H,32,33)/t21-/m0/s1. The number of halogens is 4. The van der Waals surface area contributed by atoms with Crippen LogP contribution in [0.2, 0.25) is 5.02 Å². The van der Waals surface area contributed by atoms with Crippen LogP contribution in [0.5, 0.6) is 0 Å². The summed E-state index contributed by atoms with van der Waals surface area (Å²) in [4.78, 5) is 17.7. The van der Waals surface area contributed by atoms with E-state index >= 15 is 0 Å². The molecule has 172 valence electrons. The summed E-state index contributed by atoms with van der Waals surface area (Å²) in [6, 6.07) is 1.45. The lowest BCUT2D eigenvalue weighted by molar-refractivity contribution is -0.133. The number of rotatable bonds is 5. The molecular weight excluding hydrogens is 455 g/mol. The highest BCUT2D eigenvalue weighted by atomic mass is 35.5. The minimum Gasteiger partial charge on any atom is -0.478 e. The molecule has 1 aliphatic carbocycles. The second kappa shape index (κ2) is 8.94. The van der Waals surface area contributed by atoms with Crippen LogP contribution in [0.15, 0.2) is 82.8 Å². The van der Waals surface area contributed by atoms with Crippen molar-refractivity contribution in [2.45, 2.75) is 37.9 Å². The molecule has 2 aliphatic heterocycles. The number of anilines is 1. The molecule has 0 spiro atoms. The van der Waals surface area contributed by atoms with Crippen molar-refractivity contribution in [1.82, 2.24) is 4.90 Å². The summed E-state index contributed by atoms with van der Waals surface area (Å²) in [5.74, 6) is -1.29. The molecule has 9 heteroatoms. The highest BCUT2D eigenvalue weighted by Crippen LogP contribution is 2.37. The van der Waals surface area contributed by atoms with Crippen molar-refractivity contribution in [3.05, 3.63) is 88.4 Å². The Balaban J connectivity index is 1.76. The van der Waals surface area contributed by atoms with Crippen LogP contribution in [0.3, 0.4) is 0 Å². The van der Waals surface area contributed by atoms with Gasteiger partial charge in [-0.3, -0.25) is 0 Å². The number of hydrogen-bond acceptors (Lipinski definition) is 4. The van der Waals surface area contributed by atoms with Gasteiger partial charge in [0.25, 0.3) is 0 Å². The maximum atomic E-state index is 14.3. The number of aromatic carboxylic acids is 1. The van der Waals surface area contributed by atoms with E-state index in [2.05, 4.69) is 23.0 Å². The van der Waals surface area contributed by atoms with E-state index in [4.69, 9.17) is 11.6 Å². The van der Waals surface area contributed by atoms with E-state index in [9.17, 15) is 23.1 Å². The number of hydrogen-bond donors (Lipinski definition) is 2. The van der Waals surface area contributed by atoms with E-state index in [1.165, 1.54) is 29.2 Å². The van der Waals surface area contributed by atoms with Crippen molar-refractivity contribution in [2.24, 2.45) is 4.99 Å². The van der Waals surface area contributed by atoms with E-state index in [1.54, 1.807) is 12.3 Å². The average Bonchev–Trinajstić information content (AvgIpc) is 2.77.